The molecule has 1 aliphatic rings. The third kappa shape index (κ3) is 4.28. The number of nitrogens with one attached hydrogen (secondary N) is 1. The van der Waals surface area contributed by atoms with Crippen molar-refractivity contribution in [2.75, 3.05) is 12.4 Å². The molecule has 0 spiro atoms. The molecule has 2 rings (SSSR count). The molecule has 1 fully saturated rings. The molecule has 102 valence electrons. The van der Waals surface area contributed by atoms with Crippen molar-refractivity contribution in [2.45, 2.75) is 30.7 Å². The van der Waals surface area contributed by atoms with Gasteiger partial charge < -0.3 is 10.1 Å². The van der Waals surface area contributed by atoms with Gasteiger partial charge in [0.05, 0.1) is 5.56 Å². The van der Waals surface area contributed by atoms with E-state index in [0.29, 0.717) is 5.56 Å². The zero-order valence-electron chi connectivity index (χ0n) is 10.8. The summed E-state index contributed by atoms with van der Waals surface area (Å²) in [6.07, 6.45) is 2.05. The van der Waals surface area contributed by atoms with Crippen molar-refractivity contribution in [1.29, 1.82) is 0 Å². The van der Waals surface area contributed by atoms with Gasteiger partial charge in [-0.3, -0.25) is 4.79 Å². The quantitative estimate of drug-likeness (QED) is 0.641. The molecule has 0 bridgehead atoms. The summed E-state index contributed by atoms with van der Waals surface area (Å²) in [6, 6.07) is 7.57. The molecule has 0 heterocycles. The van der Waals surface area contributed by atoms with Crippen LogP contribution in [0.2, 0.25) is 0 Å². The molecule has 0 saturated heterocycles. The second kappa shape index (κ2) is 6.61. The largest absolute Gasteiger partial charge is 0.452 e. The Kier molecular flexibility index (Phi) is 4.85. The van der Waals surface area contributed by atoms with E-state index in [9.17, 15) is 9.59 Å². The molecule has 1 saturated carbocycles. The molecular formula is C14H17NO3S. The summed E-state index contributed by atoms with van der Waals surface area (Å²) in [4.78, 5) is 24.3. The highest BCUT2D eigenvalue weighted by atomic mass is 32.2. The second-order valence-corrected chi connectivity index (χ2v) is 5.65. The van der Waals surface area contributed by atoms with E-state index in [0.717, 1.165) is 23.5 Å². The number of hydrogen-bond acceptors (Lipinski definition) is 4. The molecule has 0 radical (unpaired) electrons. The number of rotatable bonds is 6. The van der Waals surface area contributed by atoms with Crippen LogP contribution in [0.15, 0.2) is 29.2 Å². The molecule has 1 amide bonds. The molecule has 0 aliphatic heterocycles. The van der Waals surface area contributed by atoms with E-state index in [1.165, 1.54) is 0 Å². The topological polar surface area (TPSA) is 55.4 Å². The number of thioether (sulfide) groups is 1. The normalized spacial score (nSPS) is 13.9. The molecular weight excluding hydrogens is 262 g/mol. The minimum Gasteiger partial charge on any atom is -0.452 e. The van der Waals surface area contributed by atoms with Gasteiger partial charge in [-0.1, -0.05) is 19.1 Å². The maximum atomic E-state index is 11.9. The van der Waals surface area contributed by atoms with Crippen molar-refractivity contribution in [1.82, 2.24) is 5.32 Å². The predicted molar refractivity (Wildman–Crippen MR) is 74.3 cm³/mol. The first-order valence-electron chi connectivity index (χ1n) is 6.39. The minimum atomic E-state index is -0.442. The van der Waals surface area contributed by atoms with E-state index in [1.807, 2.05) is 19.1 Å². The van der Waals surface area contributed by atoms with Crippen LogP contribution < -0.4 is 5.32 Å². The van der Waals surface area contributed by atoms with E-state index in [2.05, 4.69) is 5.32 Å². The van der Waals surface area contributed by atoms with Crippen molar-refractivity contribution in [3.05, 3.63) is 29.8 Å². The van der Waals surface area contributed by atoms with Crippen LogP contribution in [0.5, 0.6) is 0 Å². The van der Waals surface area contributed by atoms with Gasteiger partial charge in [0, 0.05) is 10.9 Å². The van der Waals surface area contributed by atoms with Gasteiger partial charge in [-0.15, -0.1) is 11.8 Å². The summed E-state index contributed by atoms with van der Waals surface area (Å²) in [7, 11) is 0. The minimum absolute atomic E-state index is 0.208. The summed E-state index contributed by atoms with van der Waals surface area (Å²) < 4.78 is 5.04. The van der Waals surface area contributed by atoms with E-state index >= 15 is 0 Å². The maximum Gasteiger partial charge on any atom is 0.339 e. The van der Waals surface area contributed by atoms with Crippen LogP contribution in [0.25, 0.3) is 0 Å². The number of esters is 1. The summed E-state index contributed by atoms with van der Waals surface area (Å²) in [5.74, 6) is 0.214. The lowest BCUT2D eigenvalue weighted by Gasteiger charge is -2.08. The van der Waals surface area contributed by atoms with E-state index in [4.69, 9.17) is 4.74 Å². The fourth-order valence-corrected chi connectivity index (χ4v) is 2.42. The number of carbonyl (C=O) groups excluding carboxylic acids is 2. The summed E-state index contributed by atoms with van der Waals surface area (Å²) in [5.41, 5.74) is 0.522. The summed E-state index contributed by atoms with van der Waals surface area (Å²) in [6.45, 7) is 1.82. The van der Waals surface area contributed by atoms with Crippen LogP contribution in [0.4, 0.5) is 0 Å². The van der Waals surface area contributed by atoms with Gasteiger partial charge in [0.15, 0.2) is 6.61 Å². The average Bonchev–Trinajstić information content (AvgIpc) is 3.21. The standard InChI is InChI=1S/C14H17NO3S/c1-2-19-12-6-4-3-5-11(12)14(17)18-9-13(16)15-10-7-8-10/h3-6,10H,2,7-9H2,1H3,(H,15,16). The monoisotopic (exact) mass is 279 g/mol. The van der Waals surface area contributed by atoms with Crippen molar-refractivity contribution < 1.29 is 14.3 Å². The Hall–Kier alpha value is -1.49. The number of hydrogen-bond donors (Lipinski definition) is 1. The Bertz CT molecular complexity index is 472. The van der Waals surface area contributed by atoms with E-state index in [-0.39, 0.29) is 18.6 Å². The van der Waals surface area contributed by atoms with Crippen molar-refractivity contribution in [2.24, 2.45) is 0 Å². The Labute approximate surface area is 116 Å². The van der Waals surface area contributed by atoms with Gasteiger partial charge in [-0.25, -0.2) is 4.79 Å². The van der Waals surface area contributed by atoms with E-state index < -0.39 is 5.97 Å². The van der Waals surface area contributed by atoms with Gasteiger partial charge in [0.2, 0.25) is 0 Å². The van der Waals surface area contributed by atoms with Gasteiger partial charge in [0.1, 0.15) is 0 Å². The van der Waals surface area contributed by atoms with Crippen LogP contribution in [0.1, 0.15) is 30.1 Å². The molecule has 4 nitrogen and oxygen atoms in total. The fourth-order valence-electron chi connectivity index (χ4n) is 1.62. The highest BCUT2D eigenvalue weighted by Gasteiger charge is 2.23. The van der Waals surface area contributed by atoms with Crippen LogP contribution in [-0.4, -0.2) is 30.3 Å². The Morgan fingerprint density at radius 2 is 2.11 bits per heavy atom. The number of amides is 1. The number of benzene rings is 1. The van der Waals surface area contributed by atoms with Gasteiger partial charge >= 0.3 is 5.97 Å². The zero-order valence-corrected chi connectivity index (χ0v) is 11.7. The fraction of sp³-hybridized carbons (Fsp3) is 0.429. The smallest absolute Gasteiger partial charge is 0.339 e. The van der Waals surface area contributed by atoms with Crippen LogP contribution in [0, 0.1) is 0 Å². The summed E-state index contributed by atoms with van der Waals surface area (Å²) in [5, 5.41) is 2.78. The molecule has 19 heavy (non-hydrogen) atoms. The third-order valence-electron chi connectivity index (χ3n) is 2.68. The Balaban J connectivity index is 1.89. The first-order valence-corrected chi connectivity index (χ1v) is 7.37. The predicted octanol–water partition coefficient (Wildman–Crippen LogP) is 2.23. The Morgan fingerprint density at radius 3 is 2.79 bits per heavy atom. The van der Waals surface area contributed by atoms with Crippen molar-refractivity contribution in [3.8, 4) is 0 Å². The first-order chi connectivity index (χ1) is 9.20. The first kappa shape index (κ1) is 13.9. The molecule has 5 heteroatoms. The molecule has 1 aromatic rings. The van der Waals surface area contributed by atoms with Gasteiger partial charge in [-0.05, 0) is 30.7 Å². The summed E-state index contributed by atoms with van der Waals surface area (Å²) >= 11 is 1.58. The van der Waals surface area contributed by atoms with Crippen molar-refractivity contribution >= 4 is 23.6 Å². The highest BCUT2D eigenvalue weighted by Crippen LogP contribution is 2.23. The third-order valence-corrected chi connectivity index (χ3v) is 3.64. The lowest BCUT2D eigenvalue weighted by molar-refractivity contribution is -0.124. The molecule has 0 atom stereocenters. The van der Waals surface area contributed by atoms with Gasteiger partial charge in [0.25, 0.3) is 5.91 Å². The molecule has 0 unspecified atom stereocenters. The zero-order chi connectivity index (χ0) is 13.7. The maximum absolute atomic E-state index is 11.9. The van der Waals surface area contributed by atoms with Crippen molar-refractivity contribution in [3.63, 3.8) is 0 Å². The SMILES string of the molecule is CCSc1ccccc1C(=O)OCC(=O)NC1CC1. The van der Waals surface area contributed by atoms with Crippen LogP contribution in [0.3, 0.4) is 0 Å². The van der Waals surface area contributed by atoms with E-state index in [1.54, 1.807) is 23.9 Å². The van der Waals surface area contributed by atoms with Crippen LogP contribution in [-0.2, 0) is 9.53 Å². The molecule has 1 aliphatic carbocycles. The highest BCUT2D eigenvalue weighted by molar-refractivity contribution is 7.99. The average molecular weight is 279 g/mol. The molecule has 1 aromatic carbocycles. The molecule has 1 N–H and O–H groups in total. The molecule has 0 aromatic heterocycles. The number of carbonyl (C=O) groups is 2. The number of ether oxygens (including phenoxy) is 1. The lowest BCUT2D eigenvalue weighted by Crippen LogP contribution is -2.30. The van der Waals surface area contributed by atoms with Crippen LogP contribution >= 0.6 is 11.8 Å². The second-order valence-electron chi connectivity index (χ2n) is 4.35. The van der Waals surface area contributed by atoms with Gasteiger partial charge in [-0.2, -0.15) is 0 Å². The lowest BCUT2D eigenvalue weighted by atomic mass is 10.2. The Morgan fingerprint density at radius 1 is 1.37 bits per heavy atom.